The van der Waals surface area contributed by atoms with Crippen molar-refractivity contribution in [3.8, 4) is 0 Å². The van der Waals surface area contributed by atoms with Gasteiger partial charge in [-0.15, -0.1) is 0 Å². The van der Waals surface area contributed by atoms with Crippen LogP contribution in [0.25, 0.3) is 0 Å². The van der Waals surface area contributed by atoms with Crippen molar-refractivity contribution in [1.82, 2.24) is 4.90 Å². The van der Waals surface area contributed by atoms with Crippen LogP contribution in [0.5, 0.6) is 0 Å². The molecule has 3 N–H and O–H groups in total. The molecule has 0 aromatic rings. The molecule has 1 unspecified atom stereocenters. The number of amidine groups is 1. The fraction of sp³-hybridized carbons (Fsp3) is 0.909. The molecule has 0 rings (SSSR count). The van der Waals surface area contributed by atoms with Crippen molar-refractivity contribution >= 4 is 5.84 Å². The average molecular weight is 199 g/mol. The minimum atomic E-state index is 0.301. The van der Waals surface area contributed by atoms with E-state index in [1.807, 2.05) is 0 Å². The van der Waals surface area contributed by atoms with E-state index in [2.05, 4.69) is 25.7 Å². The molecule has 1 atom stereocenters. The second-order valence-corrected chi connectivity index (χ2v) is 3.92. The van der Waals surface area contributed by atoms with Crippen LogP contribution in [-0.2, 0) is 0 Å². The van der Waals surface area contributed by atoms with E-state index in [4.69, 9.17) is 11.1 Å². The predicted molar refractivity (Wildman–Crippen MR) is 62.8 cm³/mol. The van der Waals surface area contributed by atoms with Gasteiger partial charge in [0.1, 0.15) is 0 Å². The van der Waals surface area contributed by atoms with Crippen molar-refractivity contribution in [2.24, 2.45) is 5.73 Å². The van der Waals surface area contributed by atoms with Crippen molar-refractivity contribution < 1.29 is 0 Å². The van der Waals surface area contributed by atoms with Crippen molar-refractivity contribution in [3.63, 3.8) is 0 Å². The number of nitrogens with one attached hydrogen (secondary N) is 1. The Balaban J connectivity index is 3.89. The summed E-state index contributed by atoms with van der Waals surface area (Å²) in [6, 6.07) is 0.612. The van der Waals surface area contributed by atoms with Crippen LogP contribution >= 0.6 is 0 Å². The highest BCUT2D eigenvalue weighted by molar-refractivity contribution is 5.76. The molecule has 0 spiro atoms. The zero-order valence-corrected chi connectivity index (χ0v) is 9.84. The lowest BCUT2D eigenvalue weighted by atomic mass is 10.2. The molecule has 0 aromatic carbocycles. The van der Waals surface area contributed by atoms with Crippen molar-refractivity contribution in [2.75, 3.05) is 13.1 Å². The molecule has 0 saturated heterocycles. The second-order valence-electron chi connectivity index (χ2n) is 3.92. The fourth-order valence-electron chi connectivity index (χ4n) is 1.44. The SMILES string of the molecule is CCCCN(CCC(=N)N)C(C)CC. The van der Waals surface area contributed by atoms with E-state index in [1.165, 1.54) is 19.3 Å². The molecule has 0 amide bonds. The highest BCUT2D eigenvalue weighted by Gasteiger charge is 2.10. The fourth-order valence-corrected chi connectivity index (χ4v) is 1.44. The number of nitrogens with two attached hydrogens (primary N) is 1. The Bertz CT molecular complexity index is 157. The van der Waals surface area contributed by atoms with Gasteiger partial charge in [0, 0.05) is 19.0 Å². The molecule has 84 valence electrons. The second kappa shape index (κ2) is 7.80. The Labute approximate surface area is 88.2 Å². The van der Waals surface area contributed by atoms with Gasteiger partial charge in [-0.25, -0.2) is 0 Å². The summed E-state index contributed by atoms with van der Waals surface area (Å²) in [5.74, 6) is 0.301. The number of unbranched alkanes of at least 4 members (excludes halogenated alkanes) is 1. The van der Waals surface area contributed by atoms with Crippen molar-refractivity contribution in [3.05, 3.63) is 0 Å². The lowest BCUT2D eigenvalue weighted by Crippen LogP contribution is -2.36. The van der Waals surface area contributed by atoms with Gasteiger partial charge in [0.2, 0.25) is 0 Å². The van der Waals surface area contributed by atoms with E-state index in [1.54, 1.807) is 0 Å². The van der Waals surface area contributed by atoms with Gasteiger partial charge < -0.3 is 10.6 Å². The molecule has 0 fully saturated rings. The molecular weight excluding hydrogens is 174 g/mol. The van der Waals surface area contributed by atoms with Crippen LogP contribution in [0, 0.1) is 5.41 Å². The molecule has 3 nitrogen and oxygen atoms in total. The van der Waals surface area contributed by atoms with Gasteiger partial charge >= 0.3 is 0 Å². The minimum absolute atomic E-state index is 0.301. The zero-order valence-electron chi connectivity index (χ0n) is 9.84. The Morgan fingerprint density at radius 3 is 2.43 bits per heavy atom. The first-order chi connectivity index (χ1) is 6.61. The maximum Gasteiger partial charge on any atom is 0.0918 e. The Kier molecular flexibility index (Phi) is 7.48. The van der Waals surface area contributed by atoms with E-state index in [0.29, 0.717) is 18.3 Å². The topological polar surface area (TPSA) is 53.1 Å². The number of hydrogen-bond acceptors (Lipinski definition) is 2. The maximum atomic E-state index is 7.21. The zero-order chi connectivity index (χ0) is 11.0. The first-order valence-electron chi connectivity index (χ1n) is 5.68. The van der Waals surface area contributed by atoms with E-state index < -0.39 is 0 Å². The average Bonchev–Trinajstić information content (AvgIpc) is 2.16. The first kappa shape index (κ1) is 13.4. The lowest BCUT2D eigenvalue weighted by molar-refractivity contribution is 0.206. The predicted octanol–water partition coefficient (Wildman–Crippen LogP) is 2.21. The lowest BCUT2D eigenvalue weighted by Gasteiger charge is -2.28. The van der Waals surface area contributed by atoms with Gasteiger partial charge in [-0.1, -0.05) is 20.3 Å². The number of nitrogens with zero attached hydrogens (tertiary/aromatic N) is 1. The quantitative estimate of drug-likeness (QED) is 0.465. The smallest absolute Gasteiger partial charge is 0.0918 e. The summed E-state index contributed by atoms with van der Waals surface area (Å²) in [6.07, 6.45) is 4.34. The summed E-state index contributed by atoms with van der Waals surface area (Å²) in [5.41, 5.74) is 5.37. The monoisotopic (exact) mass is 199 g/mol. The summed E-state index contributed by atoms with van der Waals surface area (Å²) < 4.78 is 0. The Hall–Kier alpha value is -0.570. The number of rotatable bonds is 8. The van der Waals surface area contributed by atoms with Crippen molar-refractivity contribution in [2.45, 2.75) is 52.5 Å². The van der Waals surface area contributed by atoms with Crippen LogP contribution in [-0.4, -0.2) is 29.9 Å². The molecule has 0 saturated carbocycles. The molecule has 0 aliphatic heterocycles. The molecule has 0 aromatic heterocycles. The molecule has 14 heavy (non-hydrogen) atoms. The number of hydrogen-bond donors (Lipinski definition) is 2. The molecule has 0 aliphatic carbocycles. The summed E-state index contributed by atoms with van der Waals surface area (Å²) in [4.78, 5) is 2.44. The third-order valence-electron chi connectivity index (χ3n) is 2.68. The van der Waals surface area contributed by atoms with Crippen LogP contribution in [0.15, 0.2) is 0 Å². The third-order valence-corrected chi connectivity index (χ3v) is 2.68. The third kappa shape index (κ3) is 5.97. The minimum Gasteiger partial charge on any atom is -0.388 e. The molecule has 0 bridgehead atoms. The van der Waals surface area contributed by atoms with Gasteiger partial charge in [-0.05, 0) is 26.3 Å². The van der Waals surface area contributed by atoms with Crippen molar-refractivity contribution in [1.29, 1.82) is 5.41 Å². The standard InChI is InChI=1S/C11H25N3/c1-4-6-8-14(10(3)5-2)9-7-11(12)13/h10H,4-9H2,1-3H3,(H3,12,13). The van der Waals surface area contributed by atoms with Gasteiger partial charge in [0.05, 0.1) is 5.84 Å². The van der Waals surface area contributed by atoms with E-state index in [-0.39, 0.29) is 0 Å². The van der Waals surface area contributed by atoms with E-state index in [0.717, 1.165) is 13.1 Å². The molecule has 0 aliphatic rings. The van der Waals surface area contributed by atoms with Crippen LogP contribution in [0.4, 0.5) is 0 Å². The van der Waals surface area contributed by atoms with Gasteiger partial charge in [0.25, 0.3) is 0 Å². The van der Waals surface area contributed by atoms with Crippen LogP contribution in [0.1, 0.15) is 46.5 Å². The maximum absolute atomic E-state index is 7.21. The van der Waals surface area contributed by atoms with Gasteiger partial charge in [-0.2, -0.15) is 0 Å². The summed E-state index contributed by atoms with van der Waals surface area (Å²) in [5, 5.41) is 7.21. The van der Waals surface area contributed by atoms with Crippen LogP contribution in [0.3, 0.4) is 0 Å². The van der Waals surface area contributed by atoms with Gasteiger partial charge in [0.15, 0.2) is 0 Å². The van der Waals surface area contributed by atoms with Gasteiger partial charge in [-0.3, -0.25) is 5.41 Å². The largest absolute Gasteiger partial charge is 0.388 e. The Morgan fingerprint density at radius 2 is 2.00 bits per heavy atom. The van der Waals surface area contributed by atoms with E-state index >= 15 is 0 Å². The first-order valence-corrected chi connectivity index (χ1v) is 5.68. The Morgan fingerprint density at radius 1 is 1.36 bits per heavy atom. The molecular formula is C11H25N3. The molecule has 0 heterocycles. The van der Waals surface area contributed by atoms with Crippen LogP contribution in [0.2, 0.25) is 0 Å². The molecule has 0 radical (unpaired) electrons. The molecule has 3 heteroatoms. The highest BCUT2D eigenvalue weighted by atomic mass is 15.1. The highest BCUT2D eigenvalue weighted by Crippen LogP contribution is 2.06. The summed E-state index contributed by atoms with van der Waals surface area (Å²) in [7, 11) is 0. The van der Waals surface area contributed by atoms with E-state index in [9.17, 15) is 0 Å². The normalized spacial score (nSPS) is 13.1. The summed E-state index contributed by atoms with van der Waals surface area (Å²) in [6.45, 7) is 8.73. The summed E-state index contributed by atoms with van der Waals surface area (Å²) >= 11 is 0. The van der Waals surface area contributed by atoms with Crippen LogP contribution < -0.4 is 5.73 Å².